The molecule has 0 spiro atoms. The van der Waals surface area contributed by atoms with E-state index in [-0.39, 0.29) is 0 Å². The maximum absolute atomic E-state index is 6.01. The molecule has 0 heterocycles. The standard InChI is InChI=1S/C19H16BrNO/c20-16-9-10-19(22-13-14-5-2-1-3-6-14)18(12-16)15-7-4-8-17(21)11-15/h1-12H,13,21H2. The fraction of sp³-hybridized carbons (Fsp3) is 0.0526. The van der Waals surface area contributed by atoms with Crippen LogP contribution in [0, 0.1) is 0 Å². The number of hydrogen-bond acceptors (Lipinski definition) is 2. The summed E-state index contributed by atoms with van der Waals surface area (Å²) in [5.74, 6) is 0.845. The van der Waals surface area contributed by atoms with Gasteiger partial charge in [0.05, 0.1) is 0 Å². The summed E-state index contributed by atoms with van der Waals surface area (Å²) in [5.41, 5.74) is 9.85. The van der Waals surface area contributed by atoms with Crippen LogP contribution in [0.4, 0.5) is 5.69 Å². The van der Waals surface area contributed by atoms with Gasteiger partial charge in [-0.05, 0) is 41.5 Å². The molecule has 0 aliphatic rings. The molecule has 2 N–H and O–H groups in total. The highest BCUT2D eigenvalue weighted by molar-refractivity contribution is 9.10. The molecule has 0 aliphatic carbocycles. The van der Waals surface area contributed by atoms with Crippen LogP contribution in [0.15, 0.2) is 77.3 Å². The van der Waals surface area contributed by atoms with Crippen LogP contribution in [-0.4, -0.2) is 0 Å². The Kier molecular flexibility index (Phi) is 4.45. The lowest BCUT2D eigenvalue weighted by molar-refractivity contribution is 0.307. The maximum Gasteiger partial charge on any atom is 0.127 e. The van der Waals surface area contributed by atoms with E-state index in [4.69, 9.17) is 10.5 Å². The molecule has 2 nitrogen and oxygen atoms in total. The van der Waals surface area contributed by atoms with Gasteiger partial charge in [0.1, 0.15) is 12.4 Å². The second kappa shape index (κ2) is 6.67. The van der Waals surface area contributed by atoms with Crippen molar-refractivity contribution in [2.75, 3.05) is 5.73 Å². The van der Waals surface area contributed by atoms with E-state index in [1.807, 2.05) is 54.6 Å². The average molecular weight is 354 g/mol. The number of hydrogen-bond donors (Lipinski definition) is 1. The van der Waals surface area contributed by atoms with E-state index in [2.05, 4.69) is 34.1 Å². The summed E-state index contributed by atoms with van der Waals surface area (Å²) < 4.78 is 7.02. The molecule has 0 aliphatic heterocycles. The van der Waals surface area contributed by atoms with E-state index < -0.39 is 0 Å². The summed E-state index contributed by atoms with van der Waals surface area (Å²) in [6.45, 7) is 0.539. The Morgan fingerprint density at radius 2 is 1.68 bits per heavy atom. The number of benzene rings is 3. The van der Waals surface area contributed by atoms with Crippen LogP contribution >= 0.6 is 15.9 Å². The number of nitrogen functional groups attached to an aromatic ring is 1. The Morgan fingerprint density at radius 1 is 0.864 bits per heavy atom. The molecule has 22 heavy (non-hydrogen) atoms. The largest absolute Gasteiger partial charge is 0.488 e. The average Bonchev–Trinajstić information content (AvgIpc) is 2.54. The normalized spacial score (nSPS) is 10.4. The zero-order valence-corrected chi connectivity index (χ0v) is 13.6. The fourth-order valence-electron chi connectivity index (χ4n) is 2.30. The summed E-state index contributed by atoms with van der Waals surface area (Å²) in [7, 11) is 0. The number of nitrogens with two attached hydrogens (primary N) is 1. The zero-order chi connectivity index (χ0) is 15.4. The van der Waals surface area contributed by atoms with E-state index >= 15 is 0 Å². The van der Waals surface area contributed by atoms with Crippen LogP contribution in [0.25, 0.3) is 11.1 Å². The number of halogens is 1. The zero-order valence-electron chi connectivity index (χ0n) is 12.0. The van der Waals surface area contributed by atoms with Gasteiger partial charge in [0.15, 0.2) is 0 Å². The first kappa shape index (κ1) is 14.7. The van der Waals surface area contributed by atoms with Gasteiger partial charge in [-0.2, -0.15) is 0 Å². The minimum atomic E-state index is 0.539. The van der Waals surface area contributed by atoms with Gasteiger partial charge < -0.3 is 10.5 Å². The molecule has 3 rings (SSSR count). The molecule has 110 valence electrons. The summed E-state index contributed by atoms with van der Waals surface area (Å²) >= 11 is 3.52. The van der Waals surface area contributed by atoms with Gasteiger partial charge in [-0.3, -0.25) is 0 Å². The van der Waals surface area contributed by atoms with Crippen molar-refractivity contribution in [3.63, 3.8) is 0 Å². The van der Waals surface area contributed by atoms with Gasteiger partial charge in [-0.15, -0.1) is 0 Å². The second-order valence-electron chi connectivity index (χ2n) is 5.04. The third-order valence-electron chi connectivity index (χ3n) is 3.38. The van der Waals surface area contributed by atoms with Crippen LogP contribution in [0.1, 0.15) is 5.56 Å². The van der Waals surface area contributed by atoms with Crippen LogP contribution < -0.4 is 10.5 Å². The quantitative estimate of drug-likeness (QED) is 0.647. The van der Waals surface area contributed by atoms with Gasteiger partial charge in [0, 0.05) is 15.7 Å². The van der Waals surface area contributed by atoms with Crippen molar-refractivity contribution in [2.45, 2.75) is 6.61 Å². The predicted molar refractivity (Wildman–Crippen MR) is 94.8 cm³/mol. The lowest BCUT2D eigenvalue weighted by Crippen LogP contribution is -1.97. The monoisotopic (exact) mass is 353 g/mol. The summed E-state index contributed by atoms with van der Waals surface area (Å²) in [6, 6.07) is 24.0. The molecule has 0 radical (unpaired) electrons. The van der Waals surface area contributed by atoms with E-state index in [9.17, 15) is 0 Å². The van der Waals surface area contributed by atoms with E-state index in [0.717, 1.165) is 32.6 Å². The third kappa shape index (κ3) is 3.49. The van der Waals surface area contributed by atoms with Gasteiger partial charge in [-0.25, -0.2) is 0 Å². The molecule has 0 unspecified atom stereocenters. The van der Waals surface area contributed by atoms with Gasteiger partial charge in [0.25, 0.3) is 0 Å². The topological polar surface area (TPSA) is 35.2 Å². The Morgan fingerprint density at radius 3 is 2.45 bits per heavy atom. The summed E-state index contributed by atoms with van der Waals surface area (Å²) in [6.07, 6.45) is 0. The molecule has 0 fully saturated rings. The first-order chi connectivity index (χ1) is 10.7. The Balaban J connectivity index is 1.91. The van der Waals surface area contributed by atoms with Crippen molar-refractivity contribution in [2.24, 2.45) is 0 Å². The highest BCUT2D eigenvalue weighted by Crippen LogP contribution is 2.34. The number of rotatable bonds is 4. The van der Waals surface area contributed by atoms with E-state index in [0.29, 0.717) is 6.61 Å². The maximum atomic E-state index is 6.01. The van der Waals surface area contributed by atoms with Gasteiger partial charge in [-0.1, -0.05) is 58.4 Å². The van der Waals surface area contributed by atoms with Gasteiger partial charge in [0.2, 0.25) is 0 Å². The SMILES string of the molecule is Nc1cccc(-c2cc(Br)ccc2OCc2ccccc2)c1. The molecule has 0 atom stereocenters. The Bertz CT molecular complexity index is 771. The Labute approximate surface area is 138 Å². The molecule has 3 heteroatoms. The van der Waals surface area contributed by atoms with Crippen molar-refractivity contribution < 1.29 is 4.74 Å². The van der Waals surface area contributed by atoms with Gasteiger partial charge >= 0.3 is 0 Å². The molecule has 3 aromatic rings. The van der Waals surface area contributed by atoms with Crippen LogP contribution in [0.5, 0.6) is 5.75 Å². The molecule has 0 amide bonds. The molecule has 0 bridgehead atoms. The minimum Gasteiger partial charge on any atom is -0.488 e. The first-order valence-corrected chi connectivity index (χ1v) is 7.84. The van der Waals surface area contributed by atoms with Crippen LogP contribution in [0.2, 0.25) is 0 Å². The summed E-state index contributed by atoms with van der Waals surface area (Å²) in [4.78, 5) is 0. The highest BCUT2D eigenvalue weighted by atomic mass is 79.9. The molecular formula is C19H16BrNO. The van der Waals surface area contributed by atoms with Crippen molar-refractivity contribution in [1.82, 2.24) is 0 Å². The summed E-state index contributed by atoms with van der Waals surface area (Å²) in [5, 5.41) is 0. The van der Waals surface area contributed by atoms with E-state index in [1.165, 1.54) is 0 Å². The molecule has 0 saturated heterocycles. The number of ether oxygens (including phenoxy) is 1. The van der Waals surface area contributed by atoms with Crippen molar-refractivity contribution in [3.05, 3.63) is 82.8 Å². The van der Waals surface area contributed by atoms with Crippen LogP contribution in [0.3, 0.4) is 0 Å². The molecular weight excluding hydrogens is 338 g/mol. The third-order valence-corrected chi connectivity index (χ3v) is 3.87. The fourth-order valence-corrected chi connectivity index (χ4v) is 2.66. The van der Waals surface area contributed by atoms with E-state index in [1.54, 1.807) is 0 Å². The van der Waals surface area contributed by atoms with Crippen molar-refractivity contribution >= 4 is 21.6 Å². The minimum absolute atomic E-state index is 0.539. The lowest BCUT2D eigenvalue weighted by Gasteiger charge is -2.13. The number of anilines is 1. The first-order valence-electron chi connectivity index (χ1n) is 7.04. The molecule has 0 saturated carbocycles. The van der Waals surface area contributed by atoms with Crippen LogP contribution in [-0.2, 0) is 6.61 Å². The molecule has 0 aromatic heterocycles. The van der Waals surface area contributed by atoms with Crippen molar-refractivity contribution in [3.8, 4) is 16.9 Å². The smallest absolute Gasteiger partial charge is 0.127 e. The second-order valence-corrected chi connectivity index (χ2v) is 5.96. The highest BCUT2D eigenvalue weighted by Gasteiger charge is 2.08. The molecule has 3 aromatic carbocycles. The van der Waals surface area contributed by atoms with Crippen molar-refractivity contribution in [1.29, 1.82) is 0 Å². The Hall–Kier alpha value is -2.26. The lowest BCUT2D eigenvalue weighted by atomic mass is 10.0. The predicted octanol–water partition coefficient (Wildman–Crippen LogP) is 5.28.